The number of aromatic nitrogens is 2. The smallest absolute Gasteiger partial charge is 0.266 e. The fourth-order valence-corrected chi connectivity index (χ4v) is 3.17. The highest BCUT2D eigenvalue weighted by Gasteiger charge is 2.18. The number of halogens is 1. The third kappa shape index (κ3) is 2.95. The van der Waals surface area contributed by atoms with Gasteiger partial charge in [0.1, 0.15) is 5.82 Å². The molecule has 1 N–H and O–H groups in total. The Labute approximate surface area is 146 Å². The van der Waals surface area contributed by atoms with E-state index < -0.39 is 0 Å². The first kappa shape index (κ1) is 16.7. The quantitative estimate of drug-likeness (QED) is 0.779. The van der Waals surface area contributed by atoms with Gasteiger partial charge in [0.2, 0.25) is 0 Å². The van der Waals surface area contributed by atoms with Gasteiger partial charge in [-0.05, 0) is 56.3 Å². The van der Waals surface area contributed by atoms with Gasteiger partial charge in [-0.2, -0.15) is 0 Å². The summed E-state index contributed by atoms with van der Waals surface area (Å²) in [5.41, 5.74) is 2.39. The molecular formula is C19H20ClN3O. The van der Waals surface area contributed by atoms with Crippen LogP contribution >= 0.6 is 11.6 Å². The first-order valence-electron chi connectivity index (χ1n) is 8.04. The van der Waals surface area contributed by atoms with Gasteiger partial charge in [-0.15, -0.1) is 0 Å². The van der Waals surface area contributed by atoms with Crippen molar-refractivity contribution in [1.82, 2.24) is 14.9 Å². The first-order valence-corrected chi connectivity index (χ1v) is 8.42. The van der Waals surface area contributed by atoms with E-state index in [1.165, 1.54) is 0 Å². The number of hydrogen-bond donors (Lipinski definition) is 1. The van der Waals surface area contributed by atoms with Crippen LogP contribution in [-0.4, -0.2) is 16.1 Å². The molecule has 0 aliphatic rings. The number of rotatable bonds is 4. The summed E-state index contributed by atoms with van der Waals surface area (Å²) < 4.78 is 1.70. The first-order chi connectivity index (χ1) is 11.5. The summed E-state index contributed by atoms with van der Waals surface area (Å²) in [6.45, 7) is 6.79. The SMILES string of the molecule is CCN[C@H](C)c1nc2ccccc2c(=O)n1-c1ccc(Cl)cc1C. The molecule has 0 saturated heterocycles. The average molecular weight is 342 g/mol. The van der Waals surface area contributed by atoms with Crippen molar-refractivity contribution in [3.8, 4) is 5.69 Å². The molecule has 0 amide bonds. The normalized spacial score (nSPS) is 12.5. The number of aryl methyl sites for hydroxylation is 1. The summed E-state index contributed by atoms with van der Waals surface area (Å²) in [5, 5.41) is 4.61. The Hall–Kier alpha value is -2.17. The molecule has 1 heterocycles. The molecule has 0 bridgehead atoms. The zero-order valence-electron chi connectivity index (χ0n) is 14.0. The number of benzene rings is 2. The maximum absolute atomic E-state index is 13.2. The third-order valence-corrected chi connectivity index (χ3v) is 4.33. The third-order valence-electron chi connectivity index (χ3n) is 4.10. The molecule has 0 aliphatic carbocycles. The van der Waals surface area contributed by atoms with Gasteiger partial charge in [0.15, 0.2) is 0 Å². The monoisotopic (exact) mass is 341 g/mol. The predicted octanol–water partition coefficient (Wildman–Crippen LogP) is 4.02. The van der Waals surface area contributed by atoms with Crippen LogP contribution in [-0.2, 0) is 0 Å². The van der Waals surface area contributed by atoms with Crippen molar-refractivity contribution >= 4 is 22.5 Å². The lowest BCUT2D eigenvalue weighted by molar-refractivity contribution is 0.550. The highest BCUT2D eigenvalue weighted by molar-refractivity contribution is 6.30. The Morgan fingerprint density at radius 2 is 2.00 bits per heavy atom. The molecule has 3 aromatic rings. The van der Waals surface area contributed by atoms with Crippen LogP contribution in [0.5, 0.6) is 0 Å². The van der Waals surface area contributed by atoms with Crippen molar-refractivity contribution in [2.45, 2.75) is 26.8 Å². The second-order valence-corrected chi connectivity index (χ2v) is 6.27. The Bertz CT molecular complexity index is 949. The molecule has 1 aromatic heterocycles. The largest absolute Gasteiger partial charge is 0.308 e. The van der Waals surface area contributed by atoms with E-state index in [1.54, 1.807) is 10.6 Å². The van der Waals surface area contributed by atoms with E-state index >= 15 is 0 Å². The van der Waals surface area contributed by atoms with Gasteiger partial charge in [-0.3, -0.25) is 9.36 Å². The minimum atomic E-state index is -0.0641. The van der Waals surface area contributed by atoms with Gasteiger partial charge < -0.3 is 5.32 Å². The predicted molar refractivity (Wildman–Crippen MR) is 99.2 cm³/mol. The molecule has 24 heavy (non-hydrogen) atoms. The minimum absolute atomic E-state index is 0.0533. The van der Waals surface area contributed by atoms with Crippen molar-refractivity contribution in [1.29, 1.82) is 0 Å². The fourth-order valence-electron chi connectivity index (χ4n) is 2.94. The lowest BCUT2D eigenvalue weighted by Gasteiger charge is -2.20. The molecular weight excluding hydrogens is 322 g/mol. The molecule has 124 valence electrons. The van der Waals surface area contributed by atoms with E-state index in [2.05, 4.69) is 5.32 Å². The maximum Gasteiger partial charge on any atom is 0.266 e. The standard InChI is InChI=1S/C19H20ClN3O/c1-4-21-13(3)18-22-16-8-6-5-7-15(16)19(24)23(18)17-10-9-14(20)11-12(17)2/h5-11,13,21H,4H2,1-3H3/t13-/m1/s1. The van der Waals surface area contributed by atoms with Crippen molar-refractivity contribution in [2.75, 3.05) is 6.54 Å². The molecule has 5 heteroatoms. The van der Waals surface area contributed by atoms with Gasteiger partial charge in [-0.1, -0.05) is 30.7 Å². The van der Waals surface area contributed by atoms with E-state index in [0.717, 1.165) is 17.8 Å². The summed E-state index contributed by atoms with van der Waals surface area (Å²) in [7, 11) is 0. The van der Waals surface area contributed by atoms with E-state index in [9.17, 15) is 4.79 Å². The van der Waals surface area contributed by atoms with Crippen LogP contribution in [0.15, 0.2) is 47.3 Å². The van der Waals surface area contributed by atoms with E-state index in [0.29, 0.717) is 21.7 Å². The van der Waals surface area contributed by atoms with Crippen LogP contribution in [0.3, 0.4) is 0 Å². The highest BCUT2D eigenvalue weighted by atomic mass is 35.5. The zero-order valence-corrected chi connectivity index (χ0v) is 14.8. The summed E-state index contributed by atoms with van der Waals surface area (Å²) in [5.74, 6) is 0.700. The molecule has 0 radical (unpaired) electrons. The van der Waals surface area contributed by atoms with Crippen molar-refractivity contribution < 1.29 is 0 Å². The molecule has 0 unspecified atom stereocenters. The van der Waals surface area contributed by atoms with Crippen LogP contribution in [0.1, 0.15) is 31.3 Å². The number of para-hydroxylation sites is 1. The Balaban J connectivity index is 2.37. The number of hydrogen-bond acceptors (Lipinski definition) is 3. The molecule has 0 aliphatic heterocycles. The van der Waals surface area contributed by atoms with E-state index in [1.807, 2.05) is 57.2 Å². The van der Waals surface area contributed by atoms with Crippen LogP contribution in [0.25, 0.3) is 16.6 Å². The molecule has 0 spiro atoms. The number of fused-ring (bicyclic) bond motifs is 1. The highest BCUT2D eigenvalue weighted by Crippen LogP contribution is 2.22. The summed E-state index contributed by atoms with van der Waals surface area (Å²) in [4.78, 5) is 17.9. The minimum Gasteiger partial charge on any atom is -0.308 e. The average Bonchev–Trinajstić information content (AvgIpc) is 2.56. The number of nitrogens with zero attached hydrogens (tertiary/aromatic N) is 2. The zero-order chi connectivity index (χ0) is 17.3. The van der Waals surface area contributed by atoms with Crippen molar-refractivity contribution in [3.05, 3.63) is 69.2 Å². The van der Waals surface area contributed by atoms with Gasteiger partial charge in [0.05, 0.1) is 22.6 Å². The Morgan fingerprint density at radius 1 is 1.25 bits per heavy atom. The molecule has 0 saturated carbocycles. The number of nitrogens with one attached hydrogen (secondary N) is 1. The second-order valence-electron chi connectivity index (χ2n) is 5.84. The summed E-state index contributed by atoms with van der Waals surface area (Å²) in [6, 6.07) is 12.9. The topological polar surface area (TPSA) is 46.9 Å². The molecule has 3 rings (SSSR count). The van der Waals surface area contributed by atoms with Gasteiger partial charge in [0, 0.05) is 5.02 Å². The van der Waals surface area contributed by atoms with Crippen molar-refractivity contribution in [3.63, 3.8) is 0 Å². The van der Waals surface area contributed by atoms with Crippen LogP contribution in [0.2, 0.25) is 5.02 Å². The molecule has 2 aromatic carbocycles. The second kappa shape index (κ2) is 6.75. The van der Waals surface area contributed by atoms with Crippen molar-refractivity contribution in [2.24, 2.45) is 0 Å². The van der Waals surface area contributed by atoms with Crippen LogP contribution in [0.4, 0.5) is 0 Å². The lowest BCUT2D eigenvalue weighted by Crippen LogP contribution is -2.30. The fraction of sp³-hybridized carbons (Fsp3) is 0.263. The maximum atomic E-state index is 13.2. The van der Waals surface area contributed by atoms with E-state index in [4.69, 9.17) is 16.6 Å². The Morgan fingerprint density at radius 3 is 2.71 bits per heavy atom. The van der Waals surface area contributed by atoms with Gasteiger partial charge in [-0.25, -0.2) is 4.98 Å². The van der Waals surface area contributed by atoms with Crippen LogP contribution < -0.4 is 10.9 Å². The van der Waals surface area contributed by atoms with Gasteiger partial charge >= 0.3 is 0 Å². The van der Waals surface area contributed by atoms with E-state index in [-0.39, 0.29) is 11.6 Å². The molecule has 4 nitrogen and oxygen atoms in total. The van der Waals surface area contributed by atoms with Gasteiger partial charge in [0.25, 0.3) is 5.56 Å². The molecule has 1 atom stereocenters. The van der Waals surface area contributed by atoms with Crippen LogP contribution in [0, 0.1) is 6.92 Å². The lowest BCUT2D eigenvalue weighted by atomic mass is 10.1. The molecule has 0 fully saturated rings. The summed E-state index contributed by atoms with van der Waals surface area (Å²) >= 11 is 6.08. The Kier molecular flexibility index (Phi) is 4.69. The summed E-state index contributed by atoms with van der Waals surface area (Å²) in [6.07, 6.45) is 0.